The summed E-state index contributed by atoms with van der Waals surface area (Å²) in [6.07, 6.45) is 0.632. The average molecular weight is 443 g/mol. The van der Waals surface area contributed by atoms with Gasteiger partial charge in [-0.1, -0.05) is 36.9 Å². The third-order valence-corrected chi connectivity index (χ3v) is 7.05. The molecule has 0 saturated heterocycles. The molecule has 5 nitrogen and oxygen atoms in total. The quantitative estimate of drug-likeness (QED) is 0.361. The Morgan fingerprint density at radius 2 is 1.88 bits per heavy atom. The van der Waals surface area contributed by atoms with E-state index in [-0.39, 0.29) is 11.2 Å². The standard InChI is InChI=1S/C26H26N4OS/c1-5-24(32-26-21(15-27)16(3)13-17(4)28-26)25(31)29-18-11-12-23-20(14-18)19-9-7-8-10-22(19)30(23)6-2/h7-14,24H,5-6H2,1-4H3,(H,29,31). The monoisotopic (exact) mass is 442 g/mol. The Balaban J connectivity index is 1.63. The molecule has 0 saturated carbocycles. The largest absolute Gasteiger partial charge is 0.341 e. The molecule has 0 radical (unpaired) electrons. The van der Waals surface area contributed by atoms with Crippen molar-refractivity contribution in [1.82, 2.24) is 9.55 Å². The molecule has 2 aromatic heterocycles. The average Bonchev–Trinajstić information content (AvgIpc) is 3.10. The van der Waals surface area contributed by atoms with Gasteiger partial charge in [-0.3, -0.25) is 4.79 Å². The van der Waals surface area contributed by atoms with Gasteiger partial charge in [-0.15, -0.1) is 0 Å². The third-order valence-electron chi connectivity index (χ3n) is 5.70. The van der Waals surface area contributed by atoms with Crippen molar-refractivity contribution in [2.24, 2.45) is 0 Å². The Morgan fingerprint density at radius 3 is 2.59 bits per heavy atom. The molecule has 6 heteroatoms. The predicted molar refractivity (Wildman–Crippen MR) is 132 cm³/mol. The molecule has 0 bridgehead atoms. The van der Waals surface area contributed by atoms with Gasteiger partial charge in [0.1, 0.15) is 11.1 Å². The molecule has 0 spiro atoms. The van der Waals surface area contributed by atoms with E-state index >= 15 is 0 Å². The van der Waals surface area contributed by atoms with Crippen LogP contribution in [0.4, 0.5) is 5.69 Å². The molecular formula is C26H26N4OS. The molecule has 0 aliphatic heterocycles. The van der Waals surface area contributed by atoms with Crippen LogP contribution in [0.15, 0.2) is 53.6 Å². The van der Waals surface area contributed by atoms with Gasteiger partial charge in [-0.25, -0.2) is 4.98 Å². The van der Waals surface area contributed by atoms with Crippen molar-refractivity contribution >= 4 is 45.2 Å². The van der Waals surface area contributed by atoms with Crippen LogP contribution in [0.2, 0.25) is 0 Å². The van der Waals surface area contributed by atoms with Gasteiger partial charge >= 0.3 is 0 Å². The molecule has 1 atom stereocenters. The number of nitrogens with zero attached hydrogens (tertiary/aromatic N) is 3. The number of hydrogen-bond acceptors (Lipinski definition) is 4. The lowest BCUT2D eigenvalue weighted by Gasteiger charge is -2.16. The molecule has 2 aromatic carbocycles. The molecule has 4 aromatic rings. The van der Waals surface area contributed by atoms with Crippen LogP contribution in [-0.2, 0) is 11.3 Å². The number of carbonyl (C=O) groups is 1. The molecule has 2 heterocycles. The van der Waals surface area contributed by atoms with E-state index in [1.54, 1.807) is 0 Å². The minimum absolute atomic E-state index is 0.0825. The Kier molecular flexibility index (Phi) is 6.20. The first kappa shape index (κ1) is 21.9. The second-order valence-corrected chi connectivity index (χ2v) is 9.06. The first-order valence-corrected chi connectivity index (χ1v) is 11.7. The number of aromatic nitrogens is 2. The van der Waals surface area contributed by atoms with Crippen molar-refractivity contribution in [1.29, 1.82) is 5.26 Å². The van der Waals surface area contributed by atoms with Crippen molar-refractivity contribution in [3.8, 4) is 6.07 Å². The van der Waals surface area contributed by atoms with Crippen molar-refractivity contribution in [2.45, 2.75) is 50.9 Å². The first-order valence-electron chi connectivity index (χ1n) is 10.8. The number of thioether (sulfide) groups is 1. The van der Waals surface area contributed by atoms with Crippen LogP contribution in [0.25, 0.3) is 21.8 Å². The SMILES string of the molecule is CCC(Sc1nc(C)cc(C)c1C#N)C(=O)Nc1ccc2c(c1)c1ccccc1n2CC. The molecular weight excluding hydrogens is 416 g/mol. The first-order chi connectivity index (χ1) is 15.5. The van der Waals surface area contributed by atoms with Gasteiger partial charge in [-0.2, -0.15) is 5.26 Å². The van der Waals surface area contributed by atoms with Crippen LogP contribution >= 0.6 is 11.8 Å². The third kappa shape index (κ3) is 3.96. The summed E-state index contributed by atoms with van der Waals surface area (Å²) in [6, 6.07) is 18.6. The number of anilines is 1. The lowest BCUT2D eigenvalue weighted by molar-refractivity contribution is -0.115. The number of para-hydroxylation sites is 1. The van der Waals surface area contributed by atoms with Crippen LogP contribution in [-0.4, -0.2) is 20.7 Å². The number of nitriles is 1. The fourth-order valence-electron chi connectivity index (χ4n) is 4.18. The number of rotatable bonds is 6. The normalized spacial score (nSPS) is 12.1. The molecule has 4 rings (SSSR count). The summed E-state index contributed by atoms with van der Waals surface area (Å²) in [7, 11) is 0. The minimum atomic E-state index is -0.344. The van der Waals surface area contributed by atoms with E-state index in [1.165, 1.54) is 22.7 Å². The van der Waals surface area contributed by atoms with Crippen LogP contribution < -0.4 is 5.32 Å². The van der Waals surface area contributed by atoms with Crippen LogP contribution in [0.1, 0.15) is 37.1 Å². The number of amides is 1. The fraction of sp³-hybridized carbons (Fsp3) is 0.269. The lowest BCUT2D eigenvalue weighted by atomic mass is 10.1. The summed E-state index contributed by atoms with van der Waals surface area (Å²) in [4.78, 5) is 17.7. The zero-order valence-electron chi connectivity index (χ0n) is 18.8. The van der Waals surface area contributed by atoms with Crippen molar-refractivity contribution < 1.29 is 4.79 Å². The van der Waals surface area contributed by atoms with E-state index in [2.05, 4.69) is 58.2 Å². The molecule has 32 heavy (non-hydrogen) atoms. The van der Waals surface area contributed by atoms with E-state index < -0.39 is 0 Å². The number of benzene rings is 2. The summed E-state index contributed by atoms with van der Waals surface area (Å²) < 4.78 is 2.29. The van der Waals surface area contributed by atoms with Crippen LogP contribution in [0.3, 0.4) is 0 Å². The summed E-state index contributed by atoms with van der Waals surface area (Å²) in [5.74, 6) is -0.0825. The Hall–Kier alpha value is -3.30. The van der Waals surface area contributed by atoms with Gasteiger partial charge in [-0.05, 0) is 63.1 Å². The zero-order chi connectivity index (χ0) is 22.8. The van der Waals surface area contributed by atoms with E-state index in [9.17, 15) is 10.1 Å². The topological polar surface area (TPSA) is 70.7 Å². The van der Waals surface area contributed by atoms with Crippen molar-refractivity contribution in [3.05, 3.63) is 65.4 Å². The number of hydrogen-bond donors (Lipinski definition) is 1. The fourth-order valence-corrected chi connectivity index (χ4v) is 5.30. The van der Waals surface area contributed by atoms with Gasteiger partial charge in [0.25, 0.3) is 0 Å². The Bertz CT molecular complexity index is 1370. The second-order valence-electron chi connectivity index (χ2n) is 7.87. The van der Waals surface area contributed by atoms with Crippen molar-refractivity contribution in [2.75, 3.05) is 5.32 Å². The molecule has 0 aliphatic carbocycles. The smallest absolute Gasteiger partial charge is 0.237 e. The van der Waals surface area contributed by atoms with Crippen LogP contribution in [0.5, 0.6) is 0 Å². The predicted octanol–water partition coefficient (Wildman–Crippen LogP) is 6.21. The molecule has 0 aliphatic rings. The summed E-state index contributed by atoms with van der Waals surface area (Å²) in [5.41, 5.74) is 5.40. The highest BCUT2D eigenvalue weighted by Crippen LogP contribution is 2.32. The Labute approximate surface area is 192 Å². The molecule has 1 unspecified atom stereocenters. The van der Waals surface area contributed by atoms with E-state index in [1.807, 2.05) is 39.0 Å². The van der Waals surface area contributed by atoms with E-state index in [4.69, 9.17) is 0 Å². The van der Waals surface area contributed by atoms with Gasteiger partial charge < -0.3 is 9.88 Å². The summed E-state index contributed by atoms with van der Waals surface area (Å²) >= 11 is 1.36. The number of pyridine rings is 1. The highest BCUT2D eigenvalue weighted by atomic mass is 32.2. The minimum Gasteiger partial charge on any atom is -0.341 e. The zero-order valence-corrected chi connectivity index (χ0v) is 19.6. The number of aryl methyl sites for hydroxylation is 3. The maximum atomic E-state index is 13.1. The molecule has 162 valence electrons. The maximum absolute atomic E-state index is 13.1. The number of fused-ring (bicyclic) bond motifs is 3. The number of carbonyl (C=O) groups excluding carboxylic acids is 1. The van der Waals surface area contributed by atoms with Gasteiger partial charge in [0.05, 0.1) is 10.8 Å². The molecule has 1 amide bonds. The molecule has 0 fully saturated rings. The van der Waals surface area contributed by atoms with Gasteiger partial charge in [0.2, 0.25) is 5.91 Å². The number of nitrogens with one attached hydrogen (secondary N) is 1. The Morgan fingerprint density at radius 1 is 1.12 bits per heavy atom. The summed E-state index contributed by atoms with van der Waals surface area (Å²) in [5, 5.41) is 15.2. The molecule has 1 N–H and O–H groups in total. The maximum Gasteiger partial charge on any atom is 0.237 e. The van der Waals surface area contributed by atoms with E-state index in [0.29, 0.717) is 17.0 Å². The second kappa shape index (κ2) is 9.05. The van der Waals surface area contributed by atoms with Gasteiger partial charge in [0.15, 0.2) is 0 Å². The summed E-state index contributed by atoms with van der Waals surface area (Å²) in [6.45, 7) is 8.81. The van der Waals surface area contributed by atoms with Crippen molar-refractivity contribution in [3.63, 3.8) is 0 Å². The van der Waals surface area contributed by atoms with E-state index in [0.717, 1.165) is 34.4 Å². The highest BCUT2D eigenvalue weighted by Gasteiger charge is 2.22. The highest BCUT2D eigenvalue weighted by molar-refractivity contribution is 8.00. The van der Waals surface area contributed by atoms with Gasteiger partial charge in [0, 0.05) is 39.7 Å². The van der Waals surface area contributed by atoms with Crippen LogP contribution in [0, 0.1) is 25.2 Å². The lowest BCUT2D eigenvalue weighted by Crippen LogP contribution is -2.24.